The fourth-order valence-corrected chi connectivity index (χ4v) is 5.78. The monoisotopic (exact) mass is 585 g/mol. The minimum Gasteiger partial charge on any atom is -0.326 e. The lowest BCUT2D eigenvalue weighted by molar-refractivity contribution is -0.137. The van der Waals surface area contributed by atoms with Crippen LogP contribution in [0.25, 0.3) is 11.1 Å². The van der Waals surface area contributed by atoms with Gasteiger partial charge < -0.3 is 20.1 Å². The van der Waals surface area contributed by atoms with Crippen molar-refractivity contribution < 1.29 is 36.1 Å². The van der Waals surface area contributed by atoms with Gasteiger partial charge >= 0.3 is 12.2 Å². The molecule has 1 aliphatic rings. The lowest BCUT2D eigenvalue weighted by atomic mass is 10.0. The Kier molecular flexibility index (Phi) is 7.78. The van der Waals surface area contributed by atoms with Crippen LogP contribution in [-0.2, 0) is 15.5 Å². The van der Waals surface area contributed by atoms with Crippen molar-refractivity contribution in [3.63, 3.8) is 0 Å². The van der Waals surface area contributed by atoms with Crippen molar-refractivity contribution in [1.82, 2.24) is 5.32 Å². The average Bonchev–Trinajstić information content (AvgIpc) is 3.20. The molecule has 1 unspecified atom stereocenters. The second-order valence-electron chi connectivity index (χ2n) is 9.25. The maximum Gasteiger partial charge on any atom is 0.416 e. The molecule has 1 aliphatic heterocycles. The lowest BCUT2D eigenvalue weighted by Gasteiger charge is -2.21. The molecule has 206 valence electrons. The second kappa shape index (κ2) is 10.6. The number of carbonyl (C=O) groups excluding carboxylic acids is 2. The predicted molar refractivity (Wildman–Crippen MR) is 140 cm³/mol. The van der Waals surface area contributed by atoms with Crippen molar-refractivity contribution in [2.75, 3.05) is 30.1 Å². The SMILES string of the molecule is CP(C)(=O)c1ccccc1-c1ccc(N2CCC(NC(=O)Nc3ccc(C(F)(F)F)cc3F)C2=O)c(Cl)c1F. The van der Waals surface area contributed by atoms with Crippen LogP contribution in [0.3, 0.4) is 0 Å². The van der Waals surface area contributed by atoms with Gasteiger partial charge in [0.15, 0.2) is 5.82 Å². The Morgan fingerprint density at radius 2 is 1.74 bits per heavy atom. The minimum atomic E-state index is -4.75. The van der Waals surface area contributed by atoms with Gasteiger partial charge in [-0.1, -0.05) is 35.9 Å². The quantitative estimate of drug-likeness (QED) is 0.266. The van der Waals surface area contributed by atoms with Crippen LogP contribution in [0, 0.1) is 11.6 Å². The van der Waals surface area contributed by atoms with Crippen LogP contribution in [0.5, 0.6) is 0 Å². The smallest absolute Gasteiger partial charge is 0.326 e. The molecule has 2 N–H and O–H groups in total. The third kappa shape index (κ3) is 5.94. The van der Waals surface area contributed by atoms with Crippen LogP contribution in [-0.4, -0.2) is 37.9 Å². The molecule has 3 aromatic rings. The van der Waals surface area contributed by atoms with E-state index in [4.69, 9.17) is 11.6 Å². The first-order valence-corrected chi connectivity index (χ1v) is 14.5. The molecule has 0 aliphatic carbocycles. The molecule has 0 saturated carbocycles. The fourth-order valence-electron chi connectivity index (χ4n) is 4.29. The highest BCUT2D eigenvalue weighted by Crippen LogP contribution is 2.42. The molecule has 0 bridgehead atoms. The molecule has 4 rings (SSSR count). The summed E-state index contributed by atoms with van der Waals surface area (Å²) in [6.45, 7) is 3.21. The summed E-state index contributed by atoms with van der Waals surface area (Å²) in [6, 6.07) is 9.07. The van der Waals surface area contributed by atoms with Gasteiger partial charge in [-0.15, -0.1) is 0 Å². The zero-order valence-corrected chi connectivity index (χ0v) is 22.2. The number of hydrogen-bond acceptors (Lipinski definition) is 3. The Morgan fingerprint density at radius 3 is 2.38 bits per heavy atom. The molecule has 1 saturated heterocycles. The number of hydrogen-bond donors (Lipinski definition) is 2. The van der Waals surface area contributed by atoms with Gasteiger partial charge in [-0.2, -0.15) is 13.2 Å². The first-order chi connectivity index (χ1) is 18.2. The number of benzene rings is 3. The number of anilines is 2. The van der Waals surface area contributed by atoms with E-state index in [0.717, 1.165) is 6.07 Å². The minimum absolute atomic E-state index is 0.0649. The Balaban J connectivity index is 1.50. The average molecular weight is 586 g/mol. The van der Waals surface area contributed by atoms with Crippen LogP contribution >= 0.6 is 18.7 Å². The van der Waals surface area contributed by atoms with Crippen molar-refractivity contribution in [3.8, 4) is 11.1 Å². The topological polar surface area (TPSA) is 78.5 Å². The van der Waals surface area contributed by atoms with Gasteiger partial charge in [0.05, 0.1) is 16.9 Å². The number of rotatable bonds is 5. The number of urea groups is 1. The second-order valence-corrected chi connectivity index (χ2v) is 12.8. The summed E-state index contributed by atoms with van der Waals surface area (Å²) in [6.07, 6.45) is -4.64. The van der Waals surface area contributed by atoms with Crippen LogP contribution < -0.4 is 20.8 Å². The van der Waals surface area contributed by atoms with E-state index < -0.39 is 54.2 Å². The number of nitrogens with one attached hydrogen (secondary N) is 2. The number of carbonyl (C=O) groups is 2. The zero-order chi connectivity index (χ0) is 28.7. The van der Waals surface area contributed by atoms with E-state index in [2.05, 4.69) is 10.6 Å². The lowest BCUT2D eigenvalue weighted by Crippen LogP contribution is -2.43. The first kappa shape index (κ1) is 28.6. The first-order valence-electron chi connectivity index (χ1n) is 11.6. The summed E-state index contributed by atoms with van der Waals surface area (Å²) in [5, 5.41) is 4.57. The van der Waals surface area contributed by atoms with Crippen LogP contribution in [0.4, 0.5) is 38.1 Å². The summed E-state index contributed by atoms with van der Waals surface area (Å²) < 4.78 is 80.4. The molecular formula is C26H22ClF5N3O3P. The van der Waals surface area contributed by atoms with E-state index >= 15 is 4.39 Å². The molecule has 0 spiro atoms. The van der Waals surface area contributed by atoms with Crippen molar-refractivity contribution in [2.24, 2.45) is 0 Å². The highest BCUT2D eigenvalue weighted by molar-refractivity contribution is 7.70. The number of alkyl halides is 3. The van der Waals surface area contributed by atoms with Crippen molar-refractivity contribution in [3.05, 3.63) is 76.8 Å². The van der Waals surface area contributed by atoms with E-state index in [-0.39, 0.29) is 35.3 Å². The molecule has 1 atom stereocenters. The molecule has 3 aromatic carbocycles. The van der Waals surface area contributed by atoms with Gasteiger partial charge in [0, 0.05) is 17.4 Å². The van der Waals surface area contributed by atoms with Crippen molar-refractivity contribution in [2.45, 2.75) is 18.6 Å². The predicted octanol–water partition coefficient (Wildman–Crippen LogP) is 6.48. The maximum atomic E-state index is 15.4. The van der Waals surface area contributed by atoms with Gasteiger partial charge in [-0.05, 0) is 55.6 Å². The largest absolute Gasteiger partial charge is 0.416 e. The third-order valence-electron chi connectivity index (χ3n) is 6.18. The Hall–Kier alpha value is -3.43. The van der Waals surface area contributed by atoms with Crippen LogP contribution in [0.15, 0.2) is 54.6 Å². The normalized spacial score (nSPS) is 15.9. The van der Waals surface area contributed by atoms with E-state index in [1.165, 1.54) is 17.0 Å². The molecule has 1 heterocycles. The van der Waals surface area contributed by atoms with Gasteiger partial charge in [0.1, 0.15) is 24.0 Å². The highest BCUT2D eigenvalue weighted by atomic mass is 35.5. The fraction of sp³-hybridized carbons (Fsp3) is 0.231. The Bertz CT molecular complexity index is 1510. The van der Waals surface area contributed by atoms with Crippen LogP contribution in [0.1, 0.15) is 12.0 Å². The van der Waals surface area contributed by atoms with Gasteiger partial charge in [-0.25, -0.2) is 13.6 Å². The van der Waals surface area contributed by atoms with Gasteiger partial charge in [0.25, 0.3) is 0 Å². The van der Waals surface area contributed by atoms with Crippen molar-refractivity contribution in [1.29, 1.82) is 0 Å². The molecule has 3 amide bonds. The molecule has 0 aromatic heterocycles. The third-order valence-corrected chi connectivity index (χ3v) is 8.09. The highest BCUT2D eigenvalue weighted by Gasteiger charge is 2.36. The molecule has 6 nitrogen and oxygen atoms in total. The molecular weight excluding hydrogens is 564 g/mol. The van der Waals surface area contributed by atoms with Gasteiger partial charge in [0.2, 0.25) is 5.91 Å². The summed E-state index contributed by atoms with van der Waals surface area (Å²) in [7, 11) is -2.75. The van der Waals surface area contributed by atoms with Gasteiger partial charge in [-0.3, -0.25) is 4.79 Å². The summed E-state index contributed by atoms with van der Waals surface area (Å²) in [4.78, 5) is 26.5. The summed E-state index contributed by atoms with van der Waals surface area (Å²) >= 11 is 6.32. The maximum absolute atomic E-state index is 15.4. The van der Waals surface area contributed by atoms with E-state index in [0.29, 0.717) is 16.9 Å². The Labute approximate surface area is 225 Å². The van der Waals surface area contributed by atoms with E-state index in [9.17, 15) is 31.7 Å². The number of nitrogens with zero attached hydrogens (tertiary/aromatic N) is 1. The van der Waals surface area contributed by atoms with E-state index in [1.807, 2.05) is 0 Å². The van der Waals surface area contributed by atoms with E-state index in [1.54, 1.807) is 37.6 Å². The summed E-state index contributed by atoms with van der Waals surface area (Å²) in [5.41, 5.74) is -1.13. The molecule has 39 heavy (non-hydrogen) atoms. The molecule has 1 fully saturated rings. The molecule has 0 radical (unpaired) electrons. The molecule has 13 heteroatoms. The Morgan fingerprint density at radius 1 is 1.05 bits per heavy atom. The standard InChI is InChI=1S/C26H22ClF5N3O3P/c1-39(2,38)21-6-4-3-5-15(21)16-8-10-20(22(27)23(16)29)35-12-11-19(24(35)36)34-25(37)33-18-9-7-14(13-17(18)28)26(30,31)32/h3-10,13,19H,11-12H2,1-2H3,(H2,33,34,37). The number of halogens is 6. The number of amides is 3. The zero-order valence-electron chi connectivity index (χ0n) is 20.6. The van der Waals surface area contributed by atoms with Crippen LogP contribution in [0.2, 0.25) is 5.02 Å². The summed E-state index contributed by atoms with van der Waals surface area (Å²) in [5.74, 6) is -2.72. The van der Waals surface area contributed by atoms with Crippen molar-refractivity contribution >= 4 is 47.4 Å².